The Morgan fingerprint density at radius 2 is 1.87 bits per heavy atom. The molecule has 0 saturated carbocycles. The number of halogens is 5. The van der Waals surface area contributed by atoms with Gasteiger partial charge in [-0.25, -0.2) is 4.98 Å². The number of nitrogens with zero attached hydrogens (tertiary/aromatic N) is 1. The van der Waals surface area contributed by atoms with Gasteiger partial charge in [0, 0.05) is 36.8 Å². The first-order valence-corrected chi connectivity index (χ1v) is 9.63. The molecule has 1 aromatic heterocycles. The summed E-state index contributed by atoms with van der Waals surface area (Å²) in [5.41, 5.74) is 7.90. The van der Waals surface area contributed by atoms with Crippen LogP contribution in [0.5, 0.6) is 0 Å². The quantitative estimate of drug-likeness (QED) is 0.458. The minimum absolute atomic E-state index is 0. The molecular formula is C21H31Cl3F2N4O. The van der Waals surface area contributed by atoms with Crippen molar-refractivity contribution in [2.45, 2.75) is 25.4 Å². The lowest BCUT2D eigenvalue weighted by molar-refractivity contribution is -0.00799. The van der Waals surface area contributed by atoms with Crippen LogP contribution in [0.25, 0.3) is 0 Å². The van der Waals surface area contributed by atoms with Gasteiger partial charge in [0.25, 0.3) is 5.92 Å². The summed E-state index contributed by atoms with van der Waals surface area (Å²) in [5, 5.41) is 6.14. The topological polar surface area (TPSA) is 72.2 Å². The number of rotatable bonds is 9. The molecule has 0 aliphatic carbocycles. The molecular weight excluding hydrogens is 469 g/mol. The van der Waals surface area contributed by atoms with Crippen LogP contribution in [-0.4, -0.2) is 43.9 Å². The van der Waals surface area contributed by atoms with Crippen molar-refractivity contribution in [1.82, 2.24) is 15.6 Å². The summed E-state index contributed by atoms with van der Waals surface area (Å²) in [6, 6.07) is 11.7. The summed E-state index contributed by atoms with van der Waals surface area (Å²) in [4.78, 5) is 4.40. The lowest BCUT2D eigenvalue weighted by Gasteiger charge is -2.21. The van der Waals surface area contributed by atoms with E-state index in [9.17, 15) is 8.78 Å². The fourth-order valence-electron chi connectivity index (χ4n) is 3.56. The number of nitrogen functional groups attached to an aromatic ring is 1. The number of anilines is 1. The molecule has 0 unspecified atom stereocenters. The molecule has 2 aromatic rings. The smallest absolute Gasteiger partial charge is 0.285 e. The zero-order chi connectivity index (χ0) is 20.0. The predicted octanol–water partition coefficient (Wildman–Crippen LogP) is 3.77. The number of nitrogens with one attached hydrogen (secondary N) is 2. The highest BCUT2D eigenvalue weighted by Crippen LogP contribution is 2.26. The summed E-state index contributed by atoms with van der Waals surface area (Å²) < 4.78 is 34.2. The van der Waals surface area contributed by atoms with Crippen molar-refractivity contribution in [2.75, 3.05) is 38.5 Å². The Morgan fingerprint density at radius 3 is 2.55 bits per heavy atom. The molecule has 1 aliphatic rings. The maximum atomic E-state index is 14.1. The summed E-state index contributed by atoms with van der Waals surface area (Å²) >= 11 is 0. The van der Waals surface area contributed by atoms with Crippen molar-refractivity contribution < 1.29 is 13.5 Å². The molecule has 0 amide bonds. The SMILES string of the molecule is Cc1cc(N)nc(C[C@@H]2CNC[C@@H]2OCCNCC(F)(F)c2ccccc2)c1.Cl.Cl.Cl. The van der Waals surface area contributed by atoms with Crippen molar-refractivity contribution in [3.05, 3.63) is 59.3 Å². The molecule has 1 aromatic carbocycles. The molecule has 10 heteroatoms. The second-order valence-electron chi connectivity index (χ2n) is 7.34. The Morgan fingerprint density at radius 1 is 1.16 bits per heavy atom. The molecule has 0 radical (unpaired) electrons. The molecule has 4 N–H and O–H groups in total. The van der Waals surface area contributed by atoms with Gasteiger partial charge in [0.1, 0.15) is 5.82 Å². The van der Waals surface area contributed by atoms with Crippen LogP contribution < -0.4 is 16.4 Å². The Balaban J connectivity index is 0.00000300. The number of ether oxygens (including phenoxy) is 1. The predicted molar refractivity (Wildman–Crippen MR) is 128 cm³/mol. The van der Waals surface area contributed by atoms with Gasteiger partial charge in [0.05, 0.1) is 19.3 Å². The van der Waals surface area contributed by atoms with Gasteiger partial charge in [0.2, 0.25) is 0 Å². The average Bonchev–Trinajstić information content (AvgIpc) is 3.08. The van der Waals surface area contributed by atoms with Crippen LogP contribution in [0.1, 0.15) is 16.8 Å². The van der Waals surface area contributed by atoms with Gasteiger partial charge in [-0.05, 0) is 31.0 Å². The van der Waals surface area contributed by atoms with Gasteiger partial charge in [-0.2, -0.15) is 8.78 Å². The highest BCUT2D eigenvalue weighted by Gasteiger charge is 2.31. The standard InChI is InChI=1S/C21H28F2N4O.3ClH/c1-15-9-18(27-20(24)10-15)11-16-12-26-13-19(16)28-8-7-25-14-21(22,23)17-5-3-2-4-6-17;;;/h2-6,9-10,16,19,25-26H,7-8,11-14H2,1H3,(H2,24,27);3*1H/t16-,19+;;;/m1.../s1. The average molecular weight is 500 g/mol. The third-order valence-corrected chi connectivity index (χ3v) is 4.95. The van der Waals surface area contributed by atoms with E-state index in [0.717, 1.165) is 30.8 Å². The number of aryl methyl sites for hydroxylation is 1. The molecule has 5 nitrogen and oxygen atoms in total. The zero-order valence-electron chi connectivity index (χ0n) is 17.4. The highest BCUT2D eigenvalue weighted by atomic mass is 35.5. The second kappa shape index (κ2) is 14.0. The number of pyridine rings is 1. The van der Waals surface area contributed by atoms with Crippen molar-refractivity contribution in [1.29, 1.82) is 0 Å². The number of alkyl halides is 2. The van der Waals surface area contributed by atoms with Crippen molar-refractivity contribution in [3.63, 3.8) is 0 Å². The van der Waals surface area contributed by atoms with E-state index in [4.69, 9.17) is 10.5 Å². The minimum Gasteiger partial charge on any atom is -0.384 e. The summed E-state index contributed by atoms with van der Waals surface area (Å²) in [7, 11) is 0. The summed E-state index contributed by atoms with van der Waals surface area (Å²) in [6.45, 7) is 3.96. The molecule has 2 atom stereocenters. The Labute approximate surface area is 201 Å². The first kappa shape index (κ1) is 29.8. The number of hydrogen-bond donors (Lipinski definition) is 3. The maximum Gasteiger partial charge on any atom is 0.285 e. The van der Waals surface area contributed by atoms with Crippen molar-refractivity contribution in [2.24, 2.45) is 5.92 Å². The van der Waals surface area contributed by atoms with Crippen LogP contribution in [0.4, 0.5) is 14.6 Å². The number of hydrogen-bond acceptors (Lipinski definition) is 5. The van der Waals surface area contributed by atoms with Crippen LogP contribution in [-0.2, 0) is 17.1 Å². The molecule has 0 bridgehead atoms. The Kier molecular flexibility index (Phi) is 13.5. The largest absolute Gasteiger partial charge is 0.384 e. The molecule has 2 heterocycles. The molecule has 31 heavy (non-hydrogen) atoms. The molecule has 3 rings (SSSR count). The van der Waals surface area contributed by atoms with Gasteiger partial charge in [-0.15, -0.1) is 37.2 Å². The van der Waals surface area contributed by atoms with E-state index in [1.165, 1.54) is 12.1 Å². The van der Waals surface area contributed by atoms with Crippen LogP contribution in [0, 0.1) is 12.8 Å². The van der Waals surface area contributed by atoms with Gasteiger partial charge in [-0.3, -0.25) is 0 Å². The Bertz CT molecular complexity index is 751. The lowest BCUT2D eigenvalue weighted by atomic mass is 9.99. The monoisotopic (exact) mass is 498 g/mol. The highest BCUT2D eigenvalue weighted by molar-refractivity contribution is 5.86. The fourth-order valence-corrected chi connectivity index (χ4v) is 3.56. The van der Waals surface area contributed by atoms with Gasteiger partial charge in [0.15, 0.2) is 0 Å². The summed E-state index contributed by atoms with van der Waals surface area (Å²) in [5.74, 6) is -2.07. The van der Waals surface area contributed by atoms with E-state index in [1.54, 1.807) is 18.2 Å². The first-order chi connectivity index (χ1) is 13.4. The normalized spacial score (nSPS) is 17.9. The second-order valence-corrected chi connectivity index (χ2v) is 7.34. The molecule has 0 spiro atoms. The summed E-state index contributed by atoms with van der Waals surface area (Å²) in [6.07, 6.45) is 0.822. The number of aromatic nitrogens is 1. The van der Waals surface area contributed by atoms with E-state index < -0.39 is 12.5 Å². The Hall–Kier alpha value is -1.22. The minimum atomic E-state index is -2.89. The molecule has 176 valence electrons. The van der Waals surface area contributed by atoms with Crippen LogP contribution in [0.2, 0.25) is 0 Å². The van der Waals surface area contributed by atoms with E-state index in [0.29, 0.717) is 24.9 Å². The van der Waals surface area contributed by atoms with E-state index in [2.05, 4.69) is 15.6 Å². The molecule has 1 fully saturated rings. The van der Waals surface area contributed by atoms with E-state index in [-0.39, 0.29) is 48.9 Å². The zero-order valence-corrected chi connectivity index (χ0v) is 19.8. The lowest BCUT2D eigenvalue weighted by Crippen LogP contribution is -2.34. The van der Waals surface area contributed by atoms with Crippen LogP contribution >= 0.6 is 37.2 Å². The van der Waals surface area contributed by atoms with Gasteiger partial charge in [-0.1, -0.05) is 30.3 Å². The third-order valence-electron chi connectivity index (χ3n) is 4.95. The van der Waals surface area contributed by atoms with Crippen LogP contribution in [0.15, 0.2) is 42.5 Å². The van der Waals surface area contributed by atoms with Crippen molar-refractivity contribution in [3.8, 4) is 0 Å². The third kappa shape index (κ3) is 9.04. The van der Waals surface area contributed by atoms with Gasteiger partial charge < -0.3 is 21.1 Å². The van der Waals surface area contributed by atoms with Crippen molar-refractivity contribution >= 4 is 43.0 Å². The van der Waals surface area contributed by atoms with E-state index >= 15 is 0 Å². The molecule has 1 aliphatic heterocycles. The van der Waals surface area contributed by atoms with E-state index in [1.807, 2.05) is 19.1 Å². The van der Waals surface area contributed by atoms with Crippen LogP contribution in [0.3, 0.4) is 0 Å². The first-order valence-electron chi connectivity index (χ1n) is 9.63. The number of benzene rings is 1. The maximum absolute atomic E-state index is 14.1. The van der Waals surface area contributed by atoms with Gasteiger partial charge >= 0.3 is 0 Å². The fraction of sp³-hybridized carbons (Fsp3) is 0.476. The number of nitrogens with two attached hydrogens (primary N) is 1. The molecule has 1 saturated heterocycles.